The maximum Gasteiger partial charge on any atom is 0.151 e. The molecule has 1 aromatic rings. The molecule has 0 radical (unpaired) electrons. The number of rotatable bonds is 1. The second kappa shape index (κ2) is 3.54. The van der Waals surface area contributed by atoms with Crippen LogP contribution < -0.4 is 5.32 Å². The molecule has 0 bridgehead atoms. The van der Waals surface area contributed by atoms with Gasteiger partial charge >= 0.3 is 0 Å². The lowest BCUT2D eigenvalue weighted by atomic mass is 9.96. The van der Waals surface area contributed by atoms with E-state index in [1.807, 2.05) is 4.68 Å². The highest BCUT2D eigenvalue weighted by Crippen LogP contribution is 2.28. The Kier molecular flexibility index (Phi) is 2.49. The van der Waals surface area contributed by atoms with Gasteiger partial charge in [-0.05, 0) is 46.5 Å². The predicted octanol–water partition coefficient (Wildman–Crippen LogP) is 2.51. The highest BCUT2D eigenvalue weighted by molar-refractivity contribution is 5.49. The zero-order valence-corrected chi connectivity index (χ0v) is 10.2. The van der Waals surface area contributed by atoms with E-state index in [1.54, 1.807) is 0 Å². The van der Waals surface area contributed by atoms with Crippen LogP contribution in [0.5, 0.6) is 0 Å². The third-order valence-electron chi connectivity index (χ3n) is 2.86. The molecule has 0 spiro atoms. The predicted molar refractivity (Wildman–Crippen MR) is 63.2 cm³/mol. The normalized spacial score (nSPS) is 16.3. The second-order valence-corrected chi connectivity index (χ2v) is 5.48. The fourth-order valence-corrected chi connectivity index (χ4v) is 2.23. The number of fused-ring (bicyclic) bond motifs is 1. The zero-order valence-electron chi connectivity index (χ0n) is 10.2. The van der Waals surface area contributed by atoms with Crippen molar-refractivity contribution in [3.8, 4) is 0 Å². The zero-order chi connectivity index (χ0) is 11.1. The first kappa shape index (κ1) is 10.5. The first-order valence-corrected chi connectivity index (χ1v) is 5.80. The number of aryl methyl sites for hydroxylation is 1. The van der Waals surface area contributed by atoms with Gasteiger partial charge in [0.25, 0.3) is 0 Å². The molecule has 1 aliphatic carbocycles. The lowest BCUT2D eigenvalue weighted by Crippen LogP contribution is -2.27. The minimum absolute atomic E-state index is 0.0968. The average molecular weight is 207 g/mol. The molecule has 1 aromatic heterocycles. The molecule has 3 nitrogen and oxygen atoms in total. The van der Waals surface area contributed by atoms with Crippen molar-refractivity contribution in [1.82, 2.24) is 9.78 Å². The summed E-state index contributed by atoms with van der Waals surface area (Å²) in [5.74, 6) is 1.10. The fraction of sp³-hybridized carbons (Fsp3) is 0.750. The third kappa shape index (κ3) is 2.16. The molecule has 0 unspecified atom stereocenters. The van der Waals surface area contributed by atoms with E-state index in [-0.39, 0.29) is 5.54 Å². The number of hydrogen-bond acceptors (Lipinski definition) is 2. The summed E-state index contributed by atoms with van der Waals surface area (Å²) in [6.45, 7) is 6.53. The standard InChI is InChI=1S/C12H21N3/c1-12(2,3)13-11-9-7-5-6-8-10(9)15(4)14-11/h5-8H2,1-4H3,(H,13,14). The summed E-state index contributed by atoms with van der Waals surface area (Å²) in [5.41, 5.74) is 2.96. The summed E-state index contributed by atoms with van der Waals surface area (Å²) >= 11 is 0. The molecule has 1 N–H and O–H groups in total. The van der Waals surface area contributed by atoms with Crippen molar-refractivity contribution in [3.63, 3.8) is 0 Å². The molecule has 0 saturated carbocycles. The van der Waals surface area contributed by atoms with Crippen LogP contribution in [0.15, 0.2) is 0 Å². The summed E-state index contributed by atoms with van der Waals surface area (Å²) in [4.78, 5) is 0. The van der Waals surface area contributed by atoms with Gasteiger partial charge in [0.05, 0.1) is 0 Å². The Hall–Kier alpha value is -0.990. The molecule has 0 atom stereocenters. The van der Waals surface area contributed by atoms with E-state index < -0.39 is 0 Å². The van der Waals surface area contributed by atoms with Crippen LogP contribution in [0.3, 0.4) is 0 Å². The quantitative estimate of drug-likeness (QED) is 0.767. The van der Waals surface area contributed by atoms with E-state index >= 15 is 0 Å². The van der Waals surface area contributed by atoms with E-state index in [0.717, 1.165) is 5.82 Å². The highest BCUT2D eigenvalue weighted by Gasteiger charge is 2.21. The maximum absolute atomic E-state index is 4.58. The van der Waals surface area contributed by atoms with Crippen LogP contribution in [0.25, 0.3) is 0 Å². The van der Waals surface area contributed by atoms with Gasteiger partial charge in [0, 0.05) is 23.8 Å². The van der Waals surface area contributed by atoms with Crippen LogP contribution in [0.4, 0.5) is 5.82 Å². The van der Waals surface area contributed by atoms with Crippen molar-refractivity contribution in [2.75, 3.05) is 5.32 Å². The van der Waals surface area contributed by atoms with Crippen LogP contribution in [0, 0.1) is 0 Å². The summed E-state index contributed by atoms with van der Waals surface area (Å²) in [7, 11) is 2.05. The second-order valence-electron chi connectivity index (χ2n) is 5.48. The number of aromatic nitrogens is 2. The molecule has 2 rings (SSSR count). The summed E-state index contributed by atoms with van der Waals surface area (Å²) in [6.07, 6.45) is 4.98. The molecular formula is C12H21N3. The van der Waals surface area contributed by atoms with Gasteiger partial charge < -0.3 is 5.32 Å². The Morgan fingerprint density at radius 1 is 1.20 bits per heavy atom. The third-order valence-corrected chi connectivity index (χ3v) is 2.86. The summed E-state index contributed by atoms with van der Waals surface area (Å²) < 4.78 is 2.04. The molecule has 15 heavy (non-hydrogen) atoms. The Morgan fingerprint density at radius 3 is 2.53 bits per heavy atom. The van der Waals surface area contributed by atoms with Crippen molar-refractivity contribution < 1.29 is 0 Å². The molecule has 3 heteroatoms. The van der Waals surface area contributed by atoms with E-state index in [2.05, 4.69) is 38.2 Å². The molecule has 1 heterocycles. The van der Waals surface area contributed by atoms with Crippen molar-refractivity contribution in [1.29, 1.82) is 0 Å². The van der Waals surface area contributed by atoms with E-state index in [4.69, 9.17) is 0 Å². The number of anilines is 1. The minimum atomic E-state index is 0.0968. The Bertz CT molecular complexity index is 358. The first-order chi connectivity index (χ1) is 6.97. The van der Waals surface area contributed by atoms with Crippen molar-refractivity contribution >= 4 is 5.82 Å². The maximum atomic E-state index is 4.58. The smallest absolute Gasteiger partial charge is 0.151 e. The topological polar surface area (TPSA) is 29.9 Å². The first-order valence-electron chi connectivity index (χ1n) is 5.80. The van der Waals surface area contributed by atoms with Crippen molar-refractivity contribution in [2.24, 2.45) is 7.05 Å². The number of hydrogen-bond donors (Lipinski definition) is 1. The van der Waals surface area contributed by atoms with Crippen LogP contribution >= 0.6 is 0 Å². The minimum Gasteiger partial charge on any atom is -0.364 e. The largest absolute Gasteiger partial charge is 0.364 e. The average Bonchev–Trinajstić information content (AvgIpc) is 2.42. The van der Waals surface area contributed by atoms with Gasteiger partial charge in [-0.25, -0.2) is 0 Å². The van der Waals surface area contributed by atoms with Gasteiger partial charge in [-0.2, -0.15) is 5.10 Å². The molecule has 0 amide bonds. The Morgan fingerprint density at radius 2 is 1.87 bits per heavy atom. The molecule has 1 aliphatic rings. The van der Waals surface area contributed by atoms with Crippen LogP contribution in [-0.2, 0) is 19.9 Å². The van der Waals surface area contributed by atoms with Crippen molar-refractivity contribution in [3.05, 3.63) is 11.3 Å². The fourth-order valence-electron chi connectivity index (χ4n) is 2.23. The van der Waals surface area contributed by atoms with Gasteiger partial charge in [0.15, 0.2) is 5.82 Å². The van der Waals surface area contributed by atoms with E-state index in [0.29, 0.717) is 0 Å². The number of nitrogens with zero attached hydrogens (tertiary/aromatic N) is 2. The van der Waals surface area contributed by atoms with Gasteiger partial charge in [-0.15, -0.1) is 0 Å². The van der Waals surface area contributed by atoms with Crippen LogP contribution in [-0.4, -0.2) is 15.3 Å². The van der Waals surface area contributed by atoms with Crippen LogP contribution in [0.2, 0.25) is 0 Å². The molecule has 84 valence electrons. The molecule has 0 aliphatic heterocycles. The molecule has 0 saturated heterocycles. The van der Waals surface area contributed by atoms with Crippen molar-refractivity contribution in [2.45, 2.75) is 52.0 Å². The van der Waals surface area contributed by atoms with Gasteiger partial charge in [0.1, 0.15) is 0 Å². The van der Waals surface area contributed by atoms with E-state index in [9.17, 15) is 0 Å². The Labute approximate surface area is 91.9 Å². The molecular weight excluding hydrogens is 186 g/mol. The Balaban J connectivity index is 2.32. The highest BCUT2D eigenvalue weighted by atomic mass is 15.3. The van der Waals surface area contributed by atoms with Gasteiger partial charge in [-0.1, -0.05) is 0 Å². The lowest BCUT2D eigenvalue weighted by Gasteiger charge is -2.22. The summed E-state index contributed by atoms with van der Waals surface area (Å²) in [6, 6.07) is 0. The molecule has 0 fully saturated rings. The van der Waals surface area contributed by atoms with E-state index in [1.165, 1.54) is 36.9 Å². The van der Waals surface area contributed by atoms with Gasteiger partial charge in [-0.3, -0.25) is 4.68 Å². The SMILES string of the molecule is Cn1nc(NC(C)(C)C)c2c1CCCC2. The lowest BCUT2D eigenvalue weighted by molar-refractivity contribution is 0.622. The number of nitrogens with one attached hydrogen (secondary N) is 1. The van der Waals surface area contributed by atoms with Crippen LogP contribution in [0.1, 0.15) is 44.9 Å². The van der Waals surface area contributed by atoms with Gasteiger partial charge in [0.2, 0.25) is 0 Å². The monoisotopic (exact) mass is 207 g/mol. The summed E-state index contributed by atoms with van der Waals surface area (Å²) in [5, 5.41) is 8.08. The molecule has 0 aromatic carbocycles.